The molecule has 0 amide bonds. The lowest BCUT2D eigenvalue weighted by molar-refractivity contribution is 0.102. The molecule has 0 unspecified atom stereocenters. The molecule has 1 aromatic heterocycles. The van der Waals surface area contributed by atoms with Crippen molar-refractivity contribution in [3.05, 3.63) is 46.8 Å². The number of benzene rings is 1. The van der Waals surface area contributed by atoms with E-state index in [2.05, 4.69) is 17.2 Å². The van der Waals surface area contributed by atoms with Gasteiger partial charge in [0.25, 0.3) is 0 Å². The minimum Gasteiger partial charge on any atom is -0.287 e. The summed E-state index contributed by atoms with van der Waals surface area (Å²) < 4.78 is 1.67. The molecule has 94 valence electrons. The quantitative estimate of drug-likeness (QED) is 0.775. The van der Waals surface area contributed by atoms with Gasteiger partial charge in [-0.1, -0.05) is 30.3 Å². The van der Waals surface area contributed by atoms with Crippen LogP contribution in [0.4, 0.5) is 0 Å². The molecule has 4 heteroatoms. The standard InChI is InChI=1S/C14H17N3O/c1-4-8-17-12(9-15-16-17)14(18)13-10(2)6-5-7-11(13)3/h5-7,9H,4,8H2,1-3H3. The molecule has 2 rings (SSSR count). The average Bonchev–Trinajstić information content (AvgIpc) is 2.77. The zero-order valence-corrected chi connectivity index (χ0v) is 11.0. The van der Waals surface area contributed by atoms with Gasteiger partial charge in [0, 0.05) is 12.1 Å². The highest BCUT2D eigenvalue weighted by atomic mass is 16.1. The summed E-state index contributed by atoms with van der Waals surface area (Å²) in [6.45, 7) is 6.67. The van der Waals surface area contributed by atoms with Gasteiger partial charge < -0.3 is 0 Å². The molecule has 0 spiro atoms. The Hall–Kier alpha value is -1.97. The summed E-state index contributed by atoms with van der Waals surface area (Å²) >= 11 is 0. The highest BCUT2D eigenvalue weighted by Crippen LogP contribution is 2.17. The summed E-state index contributed by atoms with van der Waals surface area (Å²) in [5.41, 5.74) is 3.31. The van der Waals surface area contributed by atoms with E-state index < -0.39 is 0 Å². The monoisotopic (exact) mass is 243 g/mol. The van der Waals surface area contributed by atoms with Crippen molar-refractivity contribution >= 4 is 5.78 Å². The van der Waals surface area contributed by atoms with Crippen LogP contribution in [0.25, 0.3) is 0 Å². The highest BCUT2D eigenvalue weighted by Gasteiger charge is 2.18. The van der Waals surface area contributed by atoms with Crippen molar-refractivity contribution in [1.29, 1.82) is 0 Å². The fourth-order valence-electron chi connectivity index (χ4n) is 2.11. The smallest absolute Gasteiger partial charge is 0.213 e. The first-order valence-electron chi connectivity index (χ1n) is 6.14. The predicted octanol–water partition coefficient (Wildman–Crippen LogP) is 2.54. The summed E-state index contributed by atoms with van der Waals surface area (Å²) in [5, 5.41) is 7.80. The predicted molar refractivity (Wildman–Crippen MR) is 69.7 cm³/mol. The van der Waals surface area contributed by atoms with Crippen LogP contribution in [0.5, 0.6) is 0 Å². The summed E-state index contributed by atoms with van der Waals surface area (Å²) in [7, 11) is 0. The lowest BCUT2D eigenvalue weighted by atomic mass is 9.98. The van der Waals surface area contributed by atoms with Gasteiger partial charge in [-0.3, -0.25) is 4.79 Å². The summed E-state index contributed by atoms with van der Waals surface area (Å²) in [5.74, 6) is 0.00375. The van der Waals surface area contributed by atoms with Crippen molar-refractivity contribution < 1.29 is 4.79 Å². The van der Waals surface area contributed by atoms with Gasteiger partial charge in [-0.25, -0.2) is 4.68 Å². The first kappa shape index (κ1) is 12.5. The molecule has 0 atom stereocenters. The summed E-state index contributed by atoms with van der Waals surface area (Å²) in [4.78, 5) is 12.5. The first-order chi connectivity index (χ1) is 8.65. The maximum atomic E-state index is 12.5. The minimum atomic E-state index is 0.00375. The number of aryl methyl sites for hydroxylation is 3. The second-order valence-corrected chi connectivity index (χ2v) is 4.44. The molecule has 0 N–H and O–H groups in total. The van der Waals surface area contributed by atoms with Gasteiger partial charge in [0.15, 0.2) is 0 Å². The Bertz CT molecular complexity index is 552. The zero-order valence-electron chi connectivity index (χ0n) is 11.0. The molecule has 2 aromatic rings. The topological polar surface area (TPSA) is 47.8 Å². The van der Waals surface area contributed by atoms with E-state index in [9.17, 15) is 4.79 Å². The lowest BCUT2D eigenvalue weighted by Crippen LogP contribution is -2.13. The molecule has 1 heterocycles. The Morgan fingerprint density at radius 3 is 2.56 bits per heavy atom. The van der Waals surface area contributed by atoms with Gasteiger partial charge in [-0.05, 0) is 31.4 Å². The molecule has 1 aromatic carbocycles. The van der Waals surface area contributed by atoms with Crippen LogP contribution in [0, 0.1) is 13.8 Å². The van der Waals surface area contributed by atoms with Crippen LogP contribution in [0.1, 0.15) is 40.5 Å². The van der Waals surface area contributed by atoms with E-state index >= 15 is 0 Å². The van der Waals surface area contributed by atoms with E-state index in [1.807, 2.05) is 32.0 Å². The van der Waals surface area contributed by atoms with Gasteiger partial charge in [-0.15, -0.1) is 5.10 Å². The maximum absolute atomic E-state index is 12.5. The Morgan fingerprint density at radius 1 is 1.28 bits per heavy atom. The van der Waals surface area contributed by atoms with Crippen LogP contribution in [0.15, 0.2) is 24.4 Å². The molecule has 18 heavy (non-hydrogen) atoms. The fraction of sp³-hybridized carbons (Fsp3) is 0.357. The second-order valence-electron chi connectivity index (χ2n) is 4.44. The van der Waals surface area contributed by atoms with Crippen molar-refractivity contribution in [3.8, 4) is 0 Å². The molecule has 4 nitrogen and oxygen atoms in total. The summed E-state index contributed by atoms with van der Waals surface area (Å²) in [6.07, 6.45) is 2.47. The molecule has 0 aliphatic carbocycles. The van der Waals surface area contributed by atoms with E-state index in [0.717, 1.165) is 23.1 Å². The Morgan fingerprint density at radius 2 is 1.94 bits per heavy atom. The second kappa shape index (κ2) is 5.12. The number of ketones is 1. The number of nitrogens with zero attached hydrogens (tertiary/aromatic N) is 3. The number of aromatic nitrogens is 3. The fourth-order valence-corrected chi connectivity index (χ4v) is 2.11. The number of hydrogen-bond acceptors (Lipinski definition) is 3. The van der Waals surface area contributed by atoms with Crippen LogP contribution < -0.4 is 0 Å². The third-order valence-electron chi connectivity index (χ3n) is 2.99. The van der Waals surface area contributed by atoms with Gasteiger partial charge in [-0.2, -0.15) is 0 Å². The van der Waals surface area contributed by atoms with E-state index in [4.69, 9.17) is 0 Å². The molecular formula is C14H17N3O. The van der Waals surface area contributed by atoms with E-state index in [0.29, 0.717) is 12.2 Å². The SMILES string of the molecule is CCCn1nncc1C(=O)c1c(C)cccc1C. The Kier molecular flexibility index (Phi) is 3.55. The highest BCUT2D eigenvalue weighted by molar-refractivity contribution is 6.09. The van der Waals surface area contributed by atoms with Crippen LogP contribution in [-0.4, -0.2) is 20.8 Å². The Balaban J connectivity index is 2.45. The van der Waals surface area contributed by atoms with Crippen LogP contribution >= 0.6 is 0 Å². The summed E-state index contributed by atoms with van der Waals surface area (Å²) in [6, 6.07) is 5.87. The first-order valence-corrected chi connectivity index (χ1v) is 6.14. The molecule has 0 aliphatic heterocycles. The third kappa shape index (κ3) is 2.18. The molecule has 0 bridgehead atoms. The molecule has 0 saturated heterocycles. The number of hydrogen-bond donors (Lipinski definition) is 0. The van der Waals surface area contributed by atoms with Crippen molar-refractivity contribution in [3.63, 3.8) is 0 Å². The molecule has 0 radical (unpaired) electrons. The average molecular weight is 243 g/mol. The Labute approximate surface area is 107 Å². The molecule has 0 saturated carbocycles. The molecular weight excluding hydrogens is 226 g/mol. The zero-order chi connectivity index (χ0) is 13.1. The minimum absolute atomic E-state index is 0.00375. The van der Waals surface area contributed by atoms with Crippen molar-refractivity contribution in [2.45, 2.75) is 33.7 Å². The van der Waals surface area contributed by atoms with Crippen LogP contribution in [-0.2, 0) is 6.54 Å². The van der Waals surface area contributed by atoms with E-state index in [1.165, 1.54) is 0 Å². The van der Waals surface area contributed by atoms with Crippen LogP contribution in [0.2, 0.25) is 0 Å². The van der Waals surface area contributed by atoms with Gasteiger partial charge in [0.2, 0.25) is 5.78 Å². The third-order valence-corrected chi connectivity index (χ3v) is 2.99. The normalized spacial score (nSPS) is 10.6. The lowest BCUT2D eigenvalue weighted by Gasteiger charge is -2.09. The molecule has 0 aliphatic rings. The molecule has 0 fully saturated rings. The maximum Gasteiger partial charge on any atom is 0.213 e. The van der Waals surface area contributed by atoms with Gasteiger partial charge >= 0.3 is 0 Å². The van der Waals surface area contributed by atoms with Gasteiger partial charge in [0.05, 0.1) is 6.20 Å². The van der Waals surface area contributed by atoms with Crippen molar-refractivity contribution in [2.24, 2.45) is 0 Å². The van der Waals surface area contributed by atoms with Crippen LogP contribution in [0.3, 0.4) is 0 Å². The number of carbonyl (C=O) groups excluding carboxylic acids is 1. The van der Waals surface area contributed by atoms with Crippen molar-refractivity contribution in [1.82, 2.24) is 15.0 Å². The number of rotatable bonds is 4. The van der Waals surface area contributed by atoms with Crippen molar-refractivity contribution in [2.75, 3.05) is 0 Å². The number of carbonyl (C=O) groups is 1. The van der Waals surface area contributed by atoms with E-state index in [1.54, 1.807) is 10.9 Å². The van der Waals surface area contributed by atoms with E-state index in [-0.39, 0.29) is 5.78 Å². The van der Waals surface area contributed by atoms with Gasteiger partial charge in [0.1, 0.15) is 5.69 Å². The largest absolute Gasteiger partial charge is 0.287 e.